The molecule has 0 aliphatic carbocycles. The van der Waals surface area contributed by atoms with Crippen molar-refractivity contribution < 1.29 is 24.5 Å². The minimum atomic E-state index is -1.30. The third-order valence-electron chi connectivity index (χ3n) is 3.14. The molecule has 0 saturated carbocycles. The third-order valence-corrected chi connectivity index (χ3v) is 3.98. The SMILES string of the molecule is COc1ccc(/C=C(\NC(=O)c2ccccc2)C(=O)O)c(Br)c1O. The zero-order valence-electron chi connectivity index (χ0n) is 12.6. The summed E-state index contributed by atoms with van der Waals surface area (Å²) in [6.45, 7) is 0. The van der Waals surface area contributed by atoms with Crippen LogP contribution in [0.25, 0.3) is 6.08 Å². The fraction of sp³-hybridized carbons (Fsp3) is 0.0588. The number of phenols is 1. The van der Waals surface area contributed by atoms with Gasteiger partial charge in [-0.05, 0) is 51.8 Å². The van der Waals surface area contributed by atoms with Crippen LogP contribution >= 0.6 is 15.9 Å². The highest BCUT2D eigenvalue weighted by atomic mass is 79.9. The highest BCUT2D eigenvalue weighted by Crippen LogP contribution is 2.37. The lowest BCUT2D eigenvalue weighted by molar-refractivity contribution is -0.132. The van der Waals surface area contributed by atoms with Gasteiger partial charge in [0.15, 0.2) is 11.5 Å². The van der Waals surface area contributed by atoms with Gasteiger partial charge in [-0.25, -0.2) is 4.79 Å². The third kappa shape index (κ3) is 3.94. The Kier molecular flexibility index (Phi) is 5.59. The van der Waals surface area contributed by atoms with Crippen LogP contribution in [0.15, 0.2) is 52.6 Å². The Balaban J connectivity index is 2.34. The van der Waals surface area contributed by atoms with Crippen molar-refractivity contribution in [1.82, 2.24) is 5.32 Å². The summed E-state index contributed by atoms with van der Waals surface area (Å²) >= 11 is 3.18. The first-order valence-corrected chi connectivity index (χ1v) is 7.60. The first-order chi connectivity index (χ1) is 11.4. The summed E-state index contributed by atoms with van der Waals surface area (Å²) in [6, 6.07) is 11.3. The monoisotopic (exact) mass is 391 g/mol. The Labute approximate surface area is 146 Å². The number of hydrogen-bond acceptors (Lipinski definition) is 4. The van der Waals surface area contributed by atoms with E-state index in [1.165, 1.54) is 19.3 Å². The lowest BCUT2D eigenvalue weighted by atomic mass is 10.1. The molecule has 1 amide bonds. The fourth-order valence-electron chi connectivity index (χ4n) is 1.93. The second-order valence-corrected chi connectivity index (χ2v) is 5.50. The van der Waals surface area contributed by atoms with Crippen LogP contribution in [0.2, 0.25) is 0 Å². The molecule has 2 aromatic rings. The maximum absolute atomic E-state index is 12.1. The standard InChI is InChI=1S/C17H14BrNO5/c1-24-13-8-7-11(14(18)15(13)20)9-12(17(22)23)19-16(21)10-5-3-2-4-6-10/h2-9,20H,1H3,(H,19,21)(H,22,23)/b12-9-. The lowest BCUT2D eigenvalue weighted by Gasteiger charge is -2.09. The number of hydrogen-bond donors (Lipinski definition) is 3. The number of carboxylic acid groups (broad SMARTS) is 1. The predicted octanol–water partition coefficient (Wildman–Crippen LogP) is 3.02. The van der Waals surface area contributed by atoms with Crippen molar-refractivity contribution in [3.8, 4) is 11.5 Å². The topological polar surface area (TPSA) is 95.9 Å². The Hall–Kier alpha value is -2.80. The highest BCUT2D eigenvalue weighted by molar-refractivity contribution is 9.10. The molecule has 0 heterocycles. The normalized spacial score (nSPS) is 11.0. The second kappa shape index (κ2) is 7.65. The summed E-state index contributed by atoms with van der Waals surface area (Å²) in [4.78, 5) is 23.5. The van der Waals surface area contributed by atoms with Gasteiger partial charge in [0.05, 0.1) is 11.6 Å². The Morgan fingerprint density at radius 1 is 1.17 bits per heavy atom. The van der Waals surface area contributed by atoms with Gasteiger partial charge in [-0.1, -0.05) is 18.2 Å². The van der Waals surface area contributed by atoms with Crippen molar-refractivity contribution in [2.45, 2.75) is 0 Å². The van der Waals surface area contributed by atoms with Gasteiger partial charge >= 0.3 is 5.97 Å². The van der Waals surface area contributed by atoms with Crippen molar-refractivity contribution in [2.75, 3.05) is 7.11 Å². The lowest BCUT2D eigenvalue weighted by Crippen LogP contribution is -2.27. The maximum Gasteiger partial charge on any atom is 0.352 e. The number of carbonyl (C=O) groups excluding carboxylic acids is 1. The van der Waals surface area contributed by atoms with E-state index in [9.17, 15) is 19.8 Å². The number of nitrogens with one attached hydrogen (secondary N) is 1. The number of rotatable bonds is 5. The smallest absolute Gasteiger partial charge is 0.352 e. The maximum atomic E-state index is 12.1. The Bertz CT molecular complexity index is 802. The van der Waals surface area contributed by atoms with Gasteiger partial charge in [0.25, 0.3) is 5.91 Å². The Morgan fingerprint density at radius 3 is 2.42 bits per heavy atom. The summed E-state index contributed by atoms with van der Waals surface area (Å²) in [5.41, 5.74) is 0.384. The zero-order chi connectivity index (χ0) is 17.7. The minimum Gasteiger partial charge on any atom is -0.503 e. The van der Waals surface area contributed by atoms with Gasteiger partial charge in [-0.2, -0.15) is 0 Å². The van der Waals surface area contributed by atoms with E-state index in [0.29, 0.717) is 11.1 Å². The molecule has 0 atom stereocenters. The van der Waals surface area contributed by atoms with Crippen molar-refractivity contribution in [2.24, 2.45) is 0 Å². The van der Waals surface area contributed by atoms with Crippen molar-refractivity contribution in [3.05, 3.63) is 63.8 Å². The molecule has 2 rings (SSSR count). The number of amides is 1. The molecule has 124 valence electrons. The van der Waals surface area contributed by atoms with Crippen LogP contribution in [0.1, 0.15) is 15.9 Å². The van der Waals surface area contributed by atoms with Crippen LogP contribution in [0.3, 0.4) is 0 Å². The summed E-state index contributed by atoms with van der Waals surface area (Å²) < 4.78 is 5.23. The molecule has 0 radical (unpaired) electrons. The molecule has 0 saturated heterocycles. The van der Waals surface area contributed by atoms with Crippen molar-refractivity contribution in [3.63, 3.8) is 0 Å². The van der Waals surface area contributed by atoms with E-state index in [0.717, 1.165) is 0 Å². The average molecular weight is 392 g/mol. The number of methoxy groups -OCH3 is 1. The largest absolute Gasteiger partial charge is 0.503 e. The van der Waals surface area contributed by atoms with Gasteiger partial charge in [0, 0.05) is 5.56 Å². The van der Waals surface area contributed by atoms with Gasteiger partial charge in [-0.15, -0.1) is 0 Å². The van der Waals surface area contributed by atoms with E-state index >= 15 is 0 Å². The van der Waals surface area contributed by atoms with Crippen molar-refractivity contribution >= 4 is 33.9 Å². The number of ether oxygens (including phenoxy) is 1. The first-order valence-electron chi connectivity index (χ1n) is 6.81. The molecule has 6 nitrogen and oxygen atoms in total. The van der Waals surface area contributed by atoms with E-state index in [1.807, 2.05) is 0 Å². The number of carbonyl (C=O) groups is 2. The van der Waals surface area contributed by atoms with Gasteiger partial charge in [0.1, 0.15) is 5.70 Å². The van der Waals surface area contributed by atoms with E-state index in [2.05, 4.69) is 21.2 Å². The highest BCUT2D eigenvalue weighted by Gasteiger charge is 2.16. The molecule has 7 heteroatoms. The van der Waals surface area contributed by atoms with E-state index in [4.69, 9.17) is 4.74 Å². The summed E-state index contributed by atoms with van der Waals surface area (Å²) in [6.07, 6.45) is 1.24. The molecule has 0 bridgehead atoms. The molecule has 0 aliphatic rings. The van der Waals surface area contributed by atoms with Crippen molar-refractivity contribution in [1.29, 1.82) is 0 Å². The predicted molar refractivity (Wildman–Crippen MR) is 91.9 cm³/mol. The fourth-order valence-corrected chi connectivity index (χ4v) is 2.37. The number of phenolic OH excluding ortho intramolecular Hbond substituents is 1. The van der Waals surface area contributed by atoms with Crippen LogP contribution in [0.4, 0.5) is 0 Å². The average Bonchev–Trinajstić information content (AvgIpc) is 2.59. The van der Waals surface area contributed by atoms with Gasteiger partial charge in [0.2, 0.25) is 0 Å². The number of aliphatic carboxylic acids is 1. The summed E-state index contributed by atoms with van der Waals surface area (Å²) in [5.74, 6) is -1.77. The molecule has 24 heavy (non-hydrogen) atoms. The summed E-state index contributed by atoms with van der Waals surface area (Å²) in [7, 11) is 1.40. The van der Waals surface area contributed by atoms with E-state index in [-0.39, 0.29) is 21.7 Å². The van der Waals surface area contributed by atoms with Crippen LogP contribution in [-0.2, 0) is 4.79 Å². The molecule has 2 aromatic carbocycles. The molecule has 0 unspecified atom stereocenters. The molecule has 0 fully saturated rings. The van der Waals surface area contributed by atoms with Crippen LogP contribution in [-0.4, -0.2) is 29.2 Å². The van der Waals surface area contributed by atoms with Gasteiger partial charge in [-0.3, -0.25) is 4.79 Å². The van der Waals surface area contributed by atoms with Crippen LogP contribution < -0.4 is 10.1 Å². The summed E-state index contributed by atoms with van der Waals surface area (Å²) in [5, 5.41) is 21.6. The number of carboxylic acids is 1. The molecule has 0 aromatic heterocycles. The molecule has 3 N–H and O–H groups in total. The molecular weight excluding hydrogens is 378 g/mol. The Morgan fingerprint density at radius 2 is 1.83 bits per heavy atom. The number of halogens is 1. The zero-order valence-corrected chi connectivity index (χ0v) is 14.2. The molecular formula is C17H14BrNO5. The van der Waals surface area contributed by atoms with Crippen LogP contribution in [0.5, 0.6) is 11.5 Å². The van der Waals surface area contributed by atoms with E-state index in [1.54, 1.807) is 36.4 Å². The molecule has 0 spiro atoms. The minimum absolute atomic E-state index is 0.162. The second-order valence-electron chi connectivity index (χ2n) is 4.70. The van der Waals surface area contributed by atoms with E-state index < -0.39 is 11.9 Å². The van der Waals surface area contributed by atoms with Gasteiger partial charge < -0.3 is 20.3 Å². The number of benzene rings is 2. The quantitative estimate of drug-likeness (QED) is 0.680. The number of aromatic hydroxyl groups is 1. The first kappa shape index (κ1) is 17.6. The molecule has 0 aliphatic heterocycles. The van der Waals surface area contributed by atoms with Crippen LogP contribution in [0, 0.1) is 0 Å².